The first-order valence-electron chi connectivity index (χ1n) is 6.24. The van der Waals surface area contributed by atoms with E-state index in [1.54, 1.807) is 16.8 Å². The van der Waals surface area contributed by atoms with Gasteiger partial charge in [0.2, 0.25) is 0 Å². The fraction of sp³-hybridized carbons (Fsp3) is 0.308. The summed E-state index contributed by atoms with van der Waals surface area (Å²) in [6.07, 6.45) is 2.80. The zero-order valence-electron chi connectivity index (χ0n) is 11.9. The van der Waals surface area contributed by atoms with Gasteiger partial charge in [-0.1, -0.05) is 11.6 Å². The third-order valence-corrected chi connectivity index (χ3v) is 4.45. The molecule has 8 heteroatoms. The molecule has 0 fully saturated rings. The molecule has 0 amide bonds. The van der Waals surface area contributed by atoms with Crippen LogP contribution in [-0.4, -0.2) is 25.3 Å². The van der Waals surface area contributed by atoms with Crippen LogP contribution in [-0.2, 0) is 10.0 Å². The molecule has 0 atom stereocenters. The van der Waals surface area contributed by atoms with Crippen molar-refractivity contribution in [2.45, 2.75) is 24.8 Å². The molecule has 1 N–H and O–H groups in total. The van der Waals surface area contributed by atoms with Crippen LogP contribution in [0.2, 0.25) is 5.02 Å². The van der Waals surface area contributed by atoms with E-state index in [1.807, 2.05) is 13.8 Å². The summed E-state index contributed by atoms with van der Waals surface area (Å²) in [6.45, 7) is 3.83. The highest BCUT2D eigenvalue weighted by molar-refractivity contribution is 7.92. The summed E-state index contributed by atoms with van der Waals surface area (Å²) in [5.41, 5.74) is 0.359. The first kappa shape index (κ1) is 15.7. The normalized spacial score (nSPS) is 11.7. The van der Waals surface area contributed by atoms with Crippen molar-refractivity contribution >= 4 is 27.3 Å². The average Bonchev–Trinajstić information content (AvgIpc) is 2.89. The van der Waals surface area contributed by atoms with Crippen LogP contribution in [0.4, 0.5) is 5.69 Å². The molecule has 21 heavy (non-hydrogen) atoms. The number of nitrogens with zero attached hydrogens (tertiary/aromatic N) is 2. The van der Waals surface area contributed by atoms with Crippen molar-refractivity contribution in [3.8, 4) is 5.75 Å². The summed E-state index contributed by atoms with van der Waals surface area (Å²) in [7, 11) is -2.20. The number of rotatable bonds is 5. The van der Waals surface area contributed by atoms with Gasteiger partial charge in [-0.25, -0.2) is 8.42 Å². The fourth-order valence-corrected chi connectivity index (χ4v) is 2.93. The maximum absolute atomic E-state index is 12.3. The van der Waals surface area contributed by atoms with Crippen LogP contribution in [0.25, 0.3) is 0 Å². The lowest BCUT2D eigenvalue weighted by Gasteiger charge is -2.09. The van der Waals surface area contributed by atoms with Crippen molar-refractivity contribution in [1.82, 2.24) is 9.78 Å². The molecule has 0 bridgehead atoms. The summed E-state index contributed by atoms with van der Waals surface area (Å²) in [5.74, 6) is 0.479. The standard InChI is InChI=1S/C13H16ClN3O3S/c1-9(2)17-8-11(7-15-17)21(18,19)16-10-4-5-13(20-3)12(14)6-10/h4-9,16H,1-3H3. The van der Waals surface area contributed by atoms with Crippen molar-refractivity contribution < 1.29 is 13.2 Å². The Kier molecular flexibility index (Phi) is 4.43. The summed E-state index contributed by atoms with van der Waals surface area (Å²) in [5, 5.41) is 4.35. The second-order valence-corrected chi connectivity index (χ2v) is 6.79. The third kappa shape index (κ3) is 3.48. The van der Waals surface area contributed by atoms with Crippen molar-refractivity contribution in [3.05, 3.63) is 35.6 Å². The molecule has 0 spiro atoms. The predicted molar refractivity (Wildman–Crippen MR) is 81.4 cm³/mol. The molecule has 1 aromatic heterocycles. The zero-order valence-corrected chi connectivity index (χ0v) is 13.4. The number of sulfonamides is 1. The van der Waals surface area contributed by atoms with Crippen molar-refractivity contribution in [2.75, 3.05) is 11.8 Å². The van der Waals surface area contributed by atoms with Crippen LogP contribution in [0.1, 0.15) is 19.9 Å². The highest BCUT2D eigenvalue weighted by Crippen LogP contribution is 2.28. The van der Waals surface area contributed by atoms with Gasteiger partial charge in [0.1, 0.15) is 10.6 Å². The van der Waals surface area contributed by atoms with Crippen molar-refractivity contribution in [3.63, 3.8) is 0 Å². The van der Waals surface area contributed by atoms with E-state index in [-0.39, 0.29) is 10.9 Å². The summed E-state index contributed by atoms with van der Waals surface area (Å²) >= 11 is 5.97. The molecule has 1 aromatic carbocycles. The van der Waals surface area contributed by atoms with E-state index in [9.17, 15) is 8.42 Å². The number of aromatic nitrogens is 2. The lowest BCUT2D eigenvalue weighted by Crippen LogP contribution is -2.12. The maximum Gasteiger partial charge on any atom is 0.265 e. The van der Waals surface area contributed by atoms with Gasteiger partial charge >= 0.3 is 0 Å². The van der Waals surface area contributed by atoms with E-state index >= 15 is 0 Å². The molecule has 2 aromatic rings. The van der Waals surface area contributed by atoms with E-state index < -0.39 is 10.0 Å². The van der Waals surface area contributed by atoms with Crippen LogP contribution >= 0.6 is 11.6 Å². The van der Waals surface area contributed by atoms with Gasteiger partial charge in [-0.2, -0.15) is 5.10 Å². The van der Waals surface area contributed by atoms with E-state index in [0.717, 1.165) is 0 Å². The molecule has 0 aliphatic carbocycles. The second-order valence-electron chi connectivity index (χ2n) is 4.70. The van der Waals surface area contributed by atoms with E-state index in [2.05, 4.69) is 9.82 Å². The zero-order chi connectivity index (χ0) is 15.6. The molecule has 2 rings (SSSR count). The second kappa shape index (κ2) is 5.95. The number of ether oxygens (including phenoxy) is 1. The summed E-state index contributed by atoms with van der Waals surface area (Å²) in [4.78, 5) is 0.100. The topological polar surface area (TPSA) is 73.2 Å². The Labute approximate surface area is 128 Å². The molecule has 0 saturated carbocycles. The maximum atomic E-state index is 12.3. The van der Waals surface area contributed by atoms with Crippen molar-refractivity contribution in [1.29, 1.82) is 0 Å². The van der Waals surface area contributed by atoms with Crippen LogP contribution < -0.4 is 9.46 Å². The largest absolute Gasteiger partial charge is 0.495 e. The molecule has 0 aliphatic rings. The average molecular weight is 330 g/mol. The van der Waals surface area contributed by atoms with Gasteiger partial charge in [0.05, 0.1) is 24.0 Å². The van der Waals surface area contributed by atoms with Gasteiger partial charge in [0.25, 0.3) is 10.0 Å². The monoisotopic (exact) mass is 329 g/mol. The minimum atomic E-state index is -3.70. The molecule has 0 unspecified atom stereocenters. The van der Waals surface area contributed by atoms with E-state index in [4.69, 9.17) is 16.3 Å². The number of hydrogen-bond donors (Lipinski definition) is 1. The predicted octanol–water partition coefficient (Wildman–Crippen LogP) is 2.93. The Hall–Kier alpha value is -1.73. The number of benzene rings is 1. The smallest absolute Gasteiger partial charge is 0.265 e. The number of methoxy groups -OCH3 is 1. The van der Waals surface area contributed by atoms with Crippen LogP contribution in [0.3, 0.4) is 0 Å². The van der Waals surface area contributed by atoms with E-state index in [0.29, 0.717) is 16.5 Å². The Morgan fingerprint density at radius 2 is 2.10 bits per heavy atom. The molecular weight excluding hydrogens is 314 g/mol. The van der Waals surface area contributed by atoms with Crippen LogP contribution in [0, 0.1) is 0 Å². The van der Waals surface area contributed by atoms with Gasteiger partial charge < -0.3 is 4.74 Å². The number of hydrogen-bond acceptors (Lipinski definition) is 4. The van der Waals surface area contributed by atoms with Gasteiger partial charge in [-0.05, 0) is 32.0 Å². The molecule has 0 radical (unpaired) electrons. The minimum absolute atomic E-state index is 0.0874. The van der Waals surface area contributed by atoms with Crippen molar-refractivity contribution in [2.24, 2.45) is 0 Å². The minimum Gasteiger partial charge on any atom is -0.495 e. The quantitative estimate of drug-likeness (QED) is 0.915. The Morgan fingerprint density at radius 1 is 1.38 bits per heavy atom. The SMILES string of the molecule is COc1ccc(NS(=O)(=O)c2cnn(C(C)C)c2)cc1Cl. The van der Waals surface area contributed by atoms with Gasteiger partial charge in [0.15, 0.2) is 0 Å². The molecule has 1 heterocycles. The van der Waals surface area contributed by atoms with Crippen LogP contribution in [0.15, 0.2) is 35.5 Å². The molecule has 114 valence electrons. The lowest BCUT2D eigenvalue weighted by molar-refractivity contribution is 0.415. The third-order valence-electron chi connectivity index (χ3n) is 2.82. The van der Waals surface area contributed by atoms with E-state index in [1.165, 1.54) is 25.6 Å². The van der Waals surface area contributed by atoms with Gasteiger partial charge in [0, 0.05) is 12.2 Å². The Balaban J connectivity index is 2.26. The molecule has 0 aliphatic heterocycles. The number of anilines is 1. The molecule has 6 nitrogen and oxygen atoms in total. The molecular formula is C13H16ClN3O3S. The van der Waals surface area contributed by atoms with Gasteiger partial charge in [-0.3, -0.25) is 9.40 Å². The Morgan fingerprint density at radius 3 is 2.62 bits per heavy atom. The lowest BCUT2D eigenvalue weighted by atomic mass is 10.3. The Bertz CT molecular complexity index is 741. The fourth-order valence-electron chi connectivity index (χ4n) is 1.69. The molecule has 0 saturated heterocycles. The first-order chi connectivity index (χ1) is 9.83. The highest BCUT2D eigenvalue weighted by atomic mass is 35.5. The summed E-state index contributed by atoms with van der Waals surface area (Å²) < 4.78 is 33.6. The number of nitrogens with one attached hydrogen (secondary N) is 1. The summed E-state index contributed by atoms with van der Waals surface area (Å²) in [6, 6.07) is 4.75. The van der Waals surface area contributed by atoms with Gasteiger partial charge in [-0.15, -0.1) is 0 Å². The van der Waals surface area contributed by atoms with Crippen LogP contribution in [0.5, 0.6) is 5.75 Å². The highest BCUT2D eigenvalue weighted by Gasteiger charge is 2.18. The first-order valence-corrected chi connectivity index (χ1v) is 8.10. The number of halogens is 1.